The molecule has 1 aromatic heterocycles. The summed E-state index contributed by atoms with van der Waals surface area (Å²) in [4.78, 5) is 0. The van der Waals surface area contributed by atoms with E-state index in [-0.39, 0.29) is 12.3 Å². The maximum atomic E-state index is 12.3. The van der Waals surface area contributed by atoms with Gasteiger partial charge in [-0.3, -0.25) is 4.68 Å². The summed E-state index contributed by atoms with van der Waals surface area (Å²) in [7, 11) is 1.61. The summed E-state index contributed by atoms with van der Waals surface area (Å²) in [6, 6.07) is 0. The zero-order valence-corrected chi connectivity index (χ0v) is 7.37. The van der Waals surface area contributed by atoms with E-state index in [0.29, 0.717) is 18.4 Å². The molecular formula is C8H12F2N2O. The Bertz CT molecular complexity index is 273. The fourth-order valence-corrected chi connectivity index (χ4v) is 1.20. The highest BCUT2D eigenvalue weighted by Crippen LogP contribution is 2.21. The molecule has 0 amide bonds. The van der Waals surface area contributed by atoms with Crippen LogP contribution in [0.1, 0.15) is 24.1 Å². The fraction of sp³-hybridized carbons (Fsp3) is 0.625. The number of alkyl halides is 2. The Morgan fingerprint density at radius 3 is 2.85 bits per heavy atom. The predicted octanol–water partition coefficient (Wildman–Crippen LogP) is 1.28. The topological polar surface area (TPSA) is 38.0 Å². The van der Waals surface area contributed by atoms with Crippen LogP contribution in [0.5, 0.6) is 0 Å². The smallest absolute Gasteiger partial charge is 0.282 e. The highest BCUT2D eigenvalue weighted by molar-refractivity contribution is 5.18. The Morgan fingerprint density at radius 2 is 2.31 bits per heavy atom. The van der Waals surface area contributed by atoms with Crippen molar-refractivity contribution in [3.8, 4) is 0 Å². The first-order valence-electron chi connectivity index (χ1n) is 4.06. The molecule has 3 nitrogen and oxygen atoms in total. The zero-order chi connectivity index (χ0) is 9.84. The van der Waals surface area contributed by atoms with Crippen LogP contribution in [0.4, 0.5) is 8.78 Å². The molecule has 0 aliphatic rings. The van der Waals surface area contributed by atoms with Crippen molar-refractivity contribution in [1.29, 1.82) is 0 Å². The number of aliphatic hydroxyl groups is 1. The van der Waals surface area contributed by atoms with Gasteiger partial charge in [0.15, 0.2) is 0 Å². The van der Waals surface area contributed by atoms with Gasteiger partial charge in [0.2, 0.25) is 0 Å². The van der Waals surface area contributed by atoms with E-state index >= 15 is 0 Å². The second kappa shape index (κ2) is 4.32. The van der Waals surface area contributed by atoms with Crippen LogP contribution in [0.15, 0.2) is 6.20 Å². The monoisotopic (exact) mass is 190 g/mol. The molecule has 1 aromatic rings. The van der Waals surface area contributed by atoms with Gasteiger partial charge in [-0.15, -0.1) is 0 Å². The van der Waals surface area contributed by atoms with Gasteiger partial charge < -0.3 is 5.11 Å². The maximum absolute atomic E-state index is 12.3. The van der Waals surface area contributed by atoms with Crippen molar-refractivity contribution in [2.24, 2.45) is 7.05 Å². The Hall–Kier alpha value is -0.970. The van der Waals surface area contributed by atoms with Crippen molar-refractivity contribution in [3.05, 3.63) is 17.5 Å². The predicted molar refractivity (Wildman–Crippen MR) is 43.6 cm³/mol. The van der Waals surface area contributed by atoms with Gasteiger partial charge in [0.1, 0.15) is 5.69 Å². The lowest BCUT2D eigenvalue weighted by Crippen LogP contribution is -1.94. The van der Waals surface area contributed by atoms with Gasteiger partial charge in [0, 0.05) is 19.9 Å². The molecule has 0 spiro atoms. The molecule has 0 aliphatic carbocycles. The highest BCUT2D eigenvalue weighted by atomic mass is 19.3. The molecule has 74 valence electrons. The molecule has 0 bridgehead atoms. The molecule has 1 heterocycles. The van der Waals surface area contributed by atoms with E-state index in [2.05, 4.69) is 5.10 Å². The third-order valence-electron chi connectivity index (χ3n) is 1.75. The minimum absolute atomic E-state index is 0.0115. The average Bonchev–Trinajstić information content (AvgIpc) is 2.43. The average molecular weight is 190 g/mol. The van der Waals surface area contributed by atoms with Crippen molar-refractivity contribution >= 4 is 0 Å². The molecule has 0 atom stereocenters. The molecular weight excluding hydrogens is 178 g/mol. The third kappa shape index (κ3) is 2.48. The summed E-state index contributed by atoms with van der Waals surface area (Å²) >= 11 is 0. The standard InChI is InChI=1S/C8H12F2N2O/c1-12-5-6(3-2-4-13)7(11-12)8(9)10/h5,8,13H,2-4H2,1H3. The number of aliphatic hydroxyl groups excluding tert-OH is 1. The molecule has 1 N–H and O–H groups in total. The van der Waals surface area contributed by atoms with Gasteiger partial charge in [-0.25, -0.2) is 8.78 Å². The summed E-state index contributed by atoms with van der Waals surface area (Å²) in [6.45, 7) is 0.0115. The number of hydrogen-bond acceptors (Lipinski definition) is 2. The van der Waals surface area contributed by atoms with Crippen LogP contribution in [0.3, 0.4) is 0 Å². The van der Waals surface area contributed by atoms with Gasteiger partial charge >= 0.3 is 0 Å². The van der Waals surface area contributed by atoms with E-state index in [1.165, 1.54) is 4.68 Å². The van der Waals surface area contributed by atoms with Gasteiger partial charge in [-0.2, -0.15) is 5.10 Å². The van der Waals surface area contributed by atoms with Crippen LogP contribution < -0.4 is 0 Å². The third-order valence-corrected chi connectivity index (χ3v) is 1.75. The Kier molecular flexibility index (Phi) is 3.36. The van der Waals surface area contributed by atoms with Gasteiger partial charge in [0.05, 0.1) is 0 Å². The van der Waals surface area contributed by atoms with Crippen LogP contribution in [-0.2, 0) is 13.5 Å². The Balaban J connectivity index is 2.78. The minimum atomic E-state index is -2.53. The normalized spacial score (nSPS) is 11.2. The van der Waals surface area contributed by atoms with E-state index < -0.39 is 6.43 Å². The number of hydrogen-bond donors (Lipinski definition) is 1. The second-order valence-corrected chi connectivity index (χ2v) is 2.84. The number of halogens is 2. The summed E-state index contributed by atoms with van der Waals surface area (Å²) in [5.74, 6) is 0. The quantitative estimate of drug-likeness (QED) is 0.776. The zero-order valence-electron chi connectivity index (χ0n) is 7.37. The molecule has 1 rings (SSSR count). The Labute approximate surface area is 75.0 Å². The highest BCUT2D eigenvalue weighted by Gasteiger charge is 2.16. The molecule has 0 saturated heterocycles. The minimum Gasteiger partial charge on any atom is -0.396 e. The van der Waals surface area contributed by atoms with E-state index in [9.17, 15) is 8.78 Å². The largest absolute Gasteiger partial charge is 0.396 e. The molecule has 0 saturated carbocycles. The lowest BCUT2D eigenvalue weighted by Gasteiger charge is -1.98. The number of aromatic nitrogens is 2. The molecule has 0 unspecified atom stereocenters. The molecule has 5 heteroatoms. The fourth-order valence-electron chi connectivity index (χ4n) is 1.20. The van der Waals surface area contributed by atoms with E-state index in [4.69, 9.17) is 5.11 Å². The van der Waals surface area contributed by atoms with Crippen LogP contribution in [0, 0.1) is 0 Å². The van der Waals surface area contributed by atoms with Crippen molar-refractivity contribution in [2.75, 3.05) is 6.61 Å². The number of rotatable bonds is 4. The summed E-state index contributed by atoms with van der Waals surface area (Å²) < 4.78 is 26.0. The first-order chi connectivity index (χ1) is 6.15. The van der Waals surface area contributed by atoms with Crippen molar-refractivity contribution in [2.45, 2.75) is 19.3 Å². The lowest BCUT2D eigenvalue weighted by molar-refractivity contribution is 0.144. The van der Waals surface area contributed by atoms with Crippen LogP contribution >= 0.6 is 0 Å². The summed E-state index contributed by atoms with van der Waals surface area (Å²) in [6.07, 6.45) is -0.0260. The Morgan fingerprint density at radius 1 is 1.62 bits per heavy atom. The molecule has 0 fully saturated rings. The van der Waals surface area contributed by atoms with E-state index in [1.54, 1.807) is 13.2 Å². The summed E-state index contributed by atoms with van der Waals surface area (Å²) in [5, 5.41) is 12.2. The van der Waals surface area contributed by atoms with Crippen molar-refractivity contribution in [3.63, 3.8) is 0 Å². The van der Waals surface area contributed by atoms with Gasteiger partial charge in [-0.05, 0) is 18.4 Å². The molecule has 0 aromatic carbocycles. The molecule has 0 aliphatic heterocycles. The molecule has 13 heavy (non-hydrogen) atoms. The second-order valence-electron chi connectivity index (χ2n) is 2.84. The van der Waals surface area contributed by atoms with Crippen molar-refractivity contribution < 1.29 is 13.9 Å². The van der Waals surface area contributed by atoms with Gasteiger partial charge in [0.25, 0.3) is 6.43 Å². The van der Waals surface area contributed by atoms with Crippen LogP contribution in [0.25, 0.3) is 0 Å². The molecule has 0 radical (unpaired) electrons. The summed E-state index contributed by atoms with van der Waals surface area (Å²) in [5.41, 5.74) is 0.350. The first kappa shape index (κ1) is 10.1. The van der Waals surface area contributed by atoms with Crippen molar-refractivity contribution in [1.82, 2.24) is 9.78 Å². The van der Waals surface area contributed by atoms with Gasteiger partial charge in [-0.1, -0.05) is 0 Å². The number of nitrogens with zero attached hydrogens (tertiary/aromatic N) is 2. The van der Waals surface area contributed by atoms with E-state index in [1.807, 2.05) is 0 Å². The van der Waals surface area contributed by atoms with Crippen LogP contribution in [0.2, 0.25) is 0 Å². The SMILES string of the molecule is Cn1cc(CCCO)c(C(F)F)n1. The van der Waals surface area contributed by atoms with Crippen LogP contribution in [-0.4, -0.2) is 21.5 Å². The maximum Gasteiger partial charge on any atom is 0.282 e. The lowest BCUT2D eigenvalue weighted by atomic mass is 10.1. The number of aryl methyl sites for hydroxylation is 2. The van der Waals surface area contributed by atoms with E-state index in [0.717, 1.165) is 0 Å². The first-order valence-corrected chi connectivity index (χ1v) is 4.06.